The van der Waals surface area contributed by atoms with E-state index in [9.17, 15) is 9.59 Å². The highest BCUT2D eigenvalue weighted by Gasteiger charge is 2.41. The van der Waals surface area contributed by atoms with Gasteiger partial charge in [0, 0.05) is 18.7 Å². The number of furan rings is 1. The highest BCUT2D eigenvalue weighted by Crippen LogP contribution is 2.42. The van der Waals surface area contributed by atoms with Gasteiger partial charge in [-0.3, -0.25) is 14.5 Å². The Bertz CT molecular complexity index is 1200. The average Bonchev–Trinajstić information content (AvgIpc) is 3.27. The van der Waals surface area contributed by atoms with Gasteiger partial charge in [0.25, 0.3) is 0 Å². The van der Waals surface area contributed by atoms with Crippen molar-refractivity contribution in [1.29, 1.82) is 0 Å². The Morgan fingerprint density at radius 1 is 1.06 bits per heavy atom. The van der Waals surface area contributed by atoms with Gasteiger partial charge in [0.2, 0.25) is 11.8 Å². The van der Waals surface area contributed by atoms with E-state index in [1.807, 2.05) is 64.5 Å². The van der Waals surface area contributed by atoms with Crippen molar-refractivity contribution in [3.63, 3.8) is 0 Å². The van der Waals surface area contributed by atoms with Crippen LogP contribution in [0.4, 0.5) is 5.69 Å². The van der Waals surface area contributed by atoms with Gasteiger partial charge in [0.05, 0.1) is 23.3 Å². The Morgan fingerprint density at radius 2 is 1.80 bits per heavy atom. The minimum absolute atomic E-state index is 0.0813. The first kappa shape index (κ1) is 23.5. The summed E-state index contributed by atoms with van der Waals surface area (Å²) in [6.45, 7) is 8.83. The van der Waals surface area contributed by atoms with Crippen molar-refractivity contribution in [3.05, 3.63) is 72.4 Å². The van der Waals surface area contributed by atoms with Gasteiger partial charge < -0.3 is 13.9 Å². The number of benzene rings is 1. The summed E-state index contributed by atoms with van der Waals surface area (Å²) in [5.41, 5.74) is 2.91. The molecule has 1 aliphatic heterocycles. The van der Waals surface area contributed by atoms with Crippen molar-refractivity contribution in [2.75, 3.05) is 11.4 Å². The SMILES string of the molecule is CC(CC(=O)N(CC(=O)N1c2ccccc2-n2cccc2C1c1ccco1)C1CC1)CC(C)(C)C. The van der Waals surface area contributed by atoms with Crippen molar-refractivity contribution in [1.82, 2.24) is 9.47 Å². The van der Waals surface area contributed by atoms with Gasteiger partial charge in [-0.15, -0.1) is 0 Å². The molecular formula is C29H35N3O3. The molecule has 1 aliphatic carbocycles. The second-order valence-corrected chi connectivity index (χ2v) is 11.3. The zero-order valence-electron chi connectivity index (χ0n) is 21.1. The number of nitrogens with zero attached hydrogens (tertiary/aromatic N) is 3. The highest BCUT2D eigenvalue weighted by molar-refractivity contribution is 6.00. The molecule has 2 unspecified atom stereocenters. The predicted octanol–water partition coefficient (Wildman–Crippen LogP) is 5.96. The summed E-state index contributed by atoms with van der Waals surface area (Å²) in [5, 5.41) is 0. The molecule has 1 fully saturated rings. The molecule has 1 aromatic carbocycles. The molecule has 0 saturated heterocycles. The Kier molecular flexibility index (Phi) is 6.07. The lowest BCUT2D eigenvalue weighted by atomic mass is 9.84. The van der Waals surface area contributed by atoms with Crippen LogP contribution in [0.3, 0.4) is 0 Å². The monoisotopic (exact) mass is 473 g/mol. The summed E-state index contributed by atoms with van der Waals surface area (Å²) >= 11 is 0. The molecule has 0 N–H and O–H groups in total. The smallest absolute Gasteiger partial charge is 0.247 e. The van der Waals surface area contributed by atoms with Crippen molar-refractivity contribution in [3.8, 4) is 5.69 Å². The number of rotatable bonds is 7. The average molecular weight is 474 g/mol. The Morgan fingerprint density at radius 3 is 2.46 bits per heavy atom. The summed E-state index contributed by atoms with van der Waals surface area (Å²) in [7, 11) is 0. The third-order valence-electron chi connectivity index (χ3n) is 6.90. The van der Waals surface area contributed by atoms with E-state index in [1.54, 1.807) is 6.26 Å². The van der Waals surface area contributed by atoms with Gasteiger partial charge in [-0.1, -0.05) is 39.8 Å². The van der Waals surface area contributed by atoms with E-state index in [4.69, 9.17) is 4.42 Å². The van der Waals surface area contributed by atoms with Crippen LogP contribution in [0.1, 0.15) is 70.9 Å². The van der Waals surface area contributed by atoms with Gasteiger partial charge in [0.1, 0.15) is 18.3 Å². The van der Waals surface area contributed by atoms with Crippen LogP contribution < -0.4 is 4.90 Å². The van der Waals surface area contributed by atoms with E-state index in [1.165, 1.54) is 0 Å². The third kappa shape index (κ3) is 4.79. The fraction of sp³-hybridized carbons (Fsp3) is 0.448. The number of para-hydroxylation sites is 2. The Labute approximate surface area is 207 Å². The summed E-state index contributed by atoms with van der Waals surface area (Å²) in [5.74, 6) is 0.973. The maximum Gasteiger partial charge on any atom is 0.247 e. The number of amides is 2. The van der Waals surface area contributed by atoms with Crippen LogP contribution >= 0.6 is 0 Å². The van der Waals surface area contributed by atoms with Gasteiger partial charge in [-0.05, 0) is 67.0 Å². The van der Waals surface area contributed by atoms with E-state index < -0.39 is 6.04 Å². The molecule has 184 valence electrons. The standard InChI is InChI=1S/C29H35N3O3/c1-20(18-29(2,3)4)17-26(33)31(21-13-14-21)19-27(34)32-23-10-6-5-9-22(23)30-15-7-11-24(30)28(32)25-12-8-16-35-25/h5-12,15-16,20-21,28H,13-14,17-19H2,1-4H3. The zero-order chi connectivity index (χ0) is 24.7. The van der Waals surface area contributed by atoms with Crippen LogP contribution in [-0.4, -0.2) is 33.9 Å². The molecule has 0 radical (unpaired) electrons. The van der Waals surface area contributed by atoms with E-state index >= 15 is 0 Å². The summed E-state index contributed by atoms with van der Waals surface area (Å²) in [4.78, 5) is 31.1. The molecule has 1 saturated carbocycles. The lowest BCUT2D eigenvalue weighted by Crippen LogP contribution is -2.47. The number of aromatic nitrogens is 1. The van der Waals surface area contributed by atoms with Crippen LogP contribution in [0, 0.1) is 11.3 Å². The molecule has 3 aromatic rings. The van der Waals surface area contributed by atoms with Crippen molar-refractivity contribution in [2.45, 2.75) is 65.5 Å². The molecule has 2 aliphatic rings. The first-order valence-corrected chi connectivity index (χ1v) is 12.6. The number of fused-ring (bicyclic) bond motifs is 3. The van der Waals surface area contributed by atoms with Crippen molar-refractivity contribution >= 4 is 17.5 Å². The maximum atomic E-state index is 14.0. The van der Waals surface area contributed by atoms with E-state index in [0.717, 1.165) is 36.3 Å². The van der Waals surface area contributed by atoms with Gasteiger partial charge in [0.15, 0.2) is 0 Å². The minimum Gasteiger partial charge on any atom is -0.467 e. The highest BCUT2D eigenvalue weighted by atomic mass is 16.3. The van der Waals surface area contributed by atoms with E-state index in [2.05, 4.69) is 32.3 Å². The maximum absolute atomic E-state index is 14.0. The van der Waals surface area contributed by atoms with Crippen LogP contribution in [0.15, 0.2) is 65.4 Å². The van der Waals surface area contributed by atoms with Gasteiger partial charge >= 0.3 is 0 Å². The van der Waals surface area contributed by atoms with Gasteiger partial charge in [-0.2, -0.15) is 0 Å². The minimum atomic E-state index is -0.390. The van der Waals surface area contributed by atoms with Crippen molar-refractivity contribution < 1.29 is 14.0 Å². The van der Waals surface area contributed by atoms with E-state index in [-0.39, 0.29) is 35.7 Å². The molecule has 6 nitrogen and oxygen atoms in total. The molecule has 2 atom stereocenters. The molecule has 2 amide bonds. The second kappa shape index (κ2) is 9.06. The summed E-state index contributed by atoms with van der Waals surface area (Å²) in [6, 6.07) is 15.5. The third-order valence-corrected chi connectivity index (χ3v) is 6.90. The topological polar surface area (TPSA) is 58.7 Å². The largest absolute Gasteiger partial charge is 0.467 e. The Hall–Kier alpha value is -3.28. The Balaban J connectivity index is 1.44. The van der Waals surface area contributed by atoms with Crippen LogP contribution in [0.5, 0.6) is 0 Å². The first-order chi connectivity index (χ1) is 16.7. The number of anilines is 1. The molecule has 6 heteroatoms. The fourth-order valence-corrected chi connectivity index (χ4v) is 5.54. The normalized spacial score (nSPS) is 18.1. The molecule has 5 rings (SSSR count). The number of hydrogen-bond donors (Lipinski definition) is 0. The van der Waals surface area contributed by atoms with Crippen LogP contribution in [0.25, 0.3) is 5.69 Å². The number of carbonyl (C=O) groups excluding carboxylic acids is 2. The van der Waals surface area contributed by atoms with Crippen LogP contribution in [0.2, 0.25) is 0 Å². The fourth-order valence-electron chi connectivity index (χ4n) is 5.54. The van der Waals surface area contributed by atoms with Crippen molar-refractivity contribution in [2.24, 2.45) is 11.3 Å². The zero-order valence-corrected chi connectivity index (χ0v) is 21.1. The lowest BCUT2D eigenvalue weighted by molar-refractivity contribution is -0.136. The summed E-state index contributed by atoms with van der Waals surface area (Å²) in [6.07, 6.45) is 7.04. The summed E-state index contributed by atoms with van der Waals surface area (Å²) < 4.78 is 7.93. The van der Waals surface area contributed by atoms with Gasteiger partial charge in [-0.25, -0.2) is 0 Å². The van der Waals surface area contributed by atoms with E-state index in [0.29, 0.717) is 12.2 Å². The first-order valence-electron chi connectivity index (χ1n) is 12.6. The van der Waals surface area contributed by atoms with Crippen LogP contribution in [-0.2, 0) is 9.59 Å². The molecule has 0 bridgehead atoms. The molecule has 35 heavy (non-hydrogen) atoms. The number of carbonyl (C=O) groups is 2. The second-order valence-electron chi connectivity index (χ2n) is 11.3. The molecule has 3 heterocycles. The molecule has 0 spiro atoms. The number of hydrogen-bond acceptors (Lipinski definition) is 3. The molecule has 2 aromatic heterocycles. The lowest BCUT2D eigenvalue weighted by Gasteiger charge is -2.38. The quantitative estimate of drug-likeness (QED) is 0.425. The predicted molar refractivity (Wildman–Crippen MR) is 136 cm³/mol. The molecular weight excluding hydrogens is 438 g/mol.